The number of rotatable bonds is 9. The molecule has 0 saturated carbocycles. The Bertz CT molecular complexity index is 452. The third-order valence-electron chi connectivity index (χ3n) is 3.33. The van der Waals surface area contributed by atoms with Crippen LogP contribution in [0.2, 0.25) is 0 Å². The fraction of sp³-hybridized carbons (Fsp3) is 0.471. The summed E-state index contributed by atoms with van der Waals surface area (Å²) in [6.07, 6.45) is 3.94. The van der Waals surface area contributed by atoms with Gasteiger partial charge in [-0.25, -0.2) is 4.79 Å². The predicted molar refractivity (Wildman–Crippen MR) is 87.2 cm³/mol. The smallest absolute Gasteiger partial charge is 0.328 e. The zero-order valence-electron chi connectivity index (χ0n) is 13.2. The van der Waals surface area contributed by atoms with E-state index in [1.165, 1.54) is 12.0 Å². The minimum absolute atomic E-state index is 0.914. The molecule has 1 rings (SSSR count). The Morgan fingerprint density at radius 3 is 2.38 bits per heavy atom. The molecule has 0 aliphatic rings. The highest BCUT2D eigenvalue weighted by Crippen LogP contribution is 2.09. The lowest BCUT2D eigenvalue weighted by molar-refractivity contribution is -0.131. The molecule has 0 unspecified atom stereocenters. The minimum Gasteiger partial charge on any atom is -0.478 e. The number of aliphatic carboxylic acids is 1. The van der Waals surface area contributed by atoms with Crippen LogP contribution in [0.1, 0.15) is 24.5 Å². The Labute approximate surface area is 127 Å². The van der Waals surface area contributed by atoms with Gasteiger partial charge in [-0.05, 0) is 57.4 Å². The monoisotopic (exact) mass is 290 g/mol. The molecule has 4 nitrogen and oxygen atoms in total. The van der Waals surface area contributed by atoms with Crippen LogP contribution in [-0.2, 0) is 11.3 Å². The molecule has 0 radical (unpaired) electrons. The van der Waals surface area contributed by atoms with Crippen molar-refractivity contribution in [3.63, 3.8) is 0 Å². The molecule has 0 bridgehead atoms. The molecule has 116 valence electrons. The summed E-state index contributed by atoms with van der Waals surface area (Å²) in [5.74, 6) is -0.919. The fourth-order valence-electron chi connectivity index (χ4n) is 2.12. The number of hydrogen-bond acceptors (Lipinski definition) is 3. The lowest BCUT2D eigenvalue weighted by atomic mass is 10.1. The molecular formula is C17H26N2O2. The topological polar surface area (TPSA) is 43.8 Å². The van der Waals surface area contributed by atoms with E-state index in [-0.39, 0.29) is 0 Å². The first-order chi connectivity index (χ1) is 10.0. The fourth-order valence-corrected chi connectivity index (χ4v) is 2.12. The molecule has 0 aromatic heterocycles. The second-order valence-corrected chi connectivity index (χ2v) is 5.44. The minimum atomic E-state index is -0.919. The second kappa shape index (κ2) is 9.32. The first kappa shape index (κ1) is 17.4. The maximum atomic E-state index is 10.5. The first-order valence-electron chi connectivity index (χ1n) is 7.38. The Balaban J connectivity index is 2.50. The van der Waals surface area contributed by atoms with E-state index in [0.29, 0.717) is 0 Å². The van der Waals surface area contributed by atoms with Crippen molar-refractivity contribution in [1.29, 1.82) is 0 Å². The van der Waals surface area contributed by atoms with Gasteiger partial charge >= 0.3 is 5.97 Å². The first-order valence-corrected chi connectivity index (χ1v) is 7.38. The van der Waals surface area contributed by atoms with Crippen LogP contribution in [0.4, 0.5) is 0 Å². The van der Waals surface area contributed by atoms with E-state index < -0.39 is 5.97 Å². The van der Waals surface area contributed by atoms with Crippen molar-refractivity contribution >= 4 is 12.0 Å². The van der Waals surface area contributed by atoms with Gasteiger partial charge < -0.3 is 10.0 Å². The largest absolute Gasteiger partial charge is 0.478 e. The number of nitrogens with zero attached hydrogens (tertiary/aromatic N) is 2. The third kappa shape index (κ3) is 7.63. The molecule has 1 aromatic carbocycles. The zero-order valence-corrected chi connectivity index (χ0v) is 13.2. The number of benzene rings is 1. The van der Waals surface area contributed by atoms with Gasteiger partial charge in [0.2, 0.25) is 0 Å². The van der Waals surface area contributed by atoms with Crippen LogP contribution in [0.15, 0.2) is 30.3 Å². The maximum absolute atomic E-state index is 10.5. The van der Waals surface area contributed by atoms with Gasteiger partial charge in [0.15, 0.2) is 0 Å². The van der Waals surface area contributed by atoms with Crippen LogP contribution < -0.4 is 0 Å². The third-order valence-corrected chi connectivity index (χ3v) is 3.33. The van der Waals surface area contributed by atoms with E-state index in [1.807, 2.05) is 12.1 Å². The Morgan fingerprint density at radius 2 is 1.86 bits per heavy atom. The molecule has 0 fully saturated rings. The maximum Gasteiger partial charge on any atom is 0.328 e. The average molecular weight is 290 g/mol. The molecule has 21 heavy (non-hydrogen) atoms. The highest BCUT2D eigenvalue weighted by atomic mass is 16.4. The Kier molecular flexibility index (Phi) is 7.72. The van der Waals surface area contributed by atoms with Gasteiger partial charge in [-0.15, -0.1) is 0 Å². The molecule has 0 saturated heterocycles. The van der Waals surface area contributed by atoms with Crippen molar-refractivity contribution in [3.8, 4) is 0 Å². The van der Waals surface area contributed by atoms with E-state index in [4.69, 9.17) is 5.11 Å². The summed E-state index contributed by atoms with van der Waals surface area (Å²) in [5.41, 5.74) is 2.17. The molecule has 0 amide bonds. The number of carboxylic acids is 1. The molecule has 1 aromatic rings. The molecule has 1 N–H and O–H groups in total. The van der Waals surface area contributed by atoms with Crippen LogP contribution >= 0.6 is 0 Å². The van der Waals surface area contributed by atoms with E-state index >= 15 is 0 Å². The van der Waals surface area contributed by atoms with Gasteiger partial charge in [0.05, 0.1) is 0 Å². The van der Waals surface area contributed by atoms with Crippen LogP contribution in [0.25, 0.3) is 6.08 Å². The summed E-state index contributed by atoms with van der Waals surface area (Å²) in [7, 11) is 4.19. The van der Waals surface area contributed by atoms with Gasteiger partial charge in [-0.1, -0.05) is 31.2 Å². The normalized spacial score (nSPS) is 11.7. The van der Waals surface area contributed by atoms with Crippen molar-refractivity contribution < 1.29 is 9.90 Å². The summed E-state index contributed by atoms with van der Waals surface area (Å²) in [6.45, 7) is 6.35. The molecule has 0 spiro atoms. The van der Waals surface area contributed by atoms with Gasteiger partial charge in [0.25, 0.3) is 0 Å². The van der Waals surface area contributed by atoms with Crippen molar-refractivity contribution in [2.75, 3.05) is 33.7 Å². The lowest BCUT2D eigenvalue weighted by Crippen LogP contribution is -2.26. The summed E-state index contributed by atoms with van der Waals surface area (Å²) in [5, 5.41) is 8.60. The second-order valence-electron chi connectivity index (χ2n) is 5.44. The van der Waals surface area contributed by atoms with Crippen molar-refractivity contribution in [2.45, 2.75) is 19.9 Å². The number of carboxylic acid groups (broad SMARTS) is 1. The summed E-state index contributed by atoms with van der Waals surface area (Å²) >= 11 is 0. The highest BCUT2D eigenvalue weighted by Gasteiger charge is 2.04. The summed E-state index contributed by atoms with van der Waals surface area (Å²) in [6, 6.07) is 8.05. The quantitative estimate of drug-likeness (QED) is 0.710. The van der Waals surface area contributed by atoms with E-state index in [2.05, 4.69) is 43.0 Å². The lowest BCUT2D eigenvalue weighted by Gasteiger charge is -2.21. The standard InChI is InChI=1S/C17H26N2O2/c1-4-19(13-5-12-18(2)3)14-16-8-6-15(7-9-16)10-11-17(20)21/h6-11H,4-5,12-14H2,1-3H3,(H,20,21)/b11-10+. The van der Waals surface area contributed by atoms with Crippen molar-refractivity contribution in [1.82, 2.24) is 9.80 Å². The van der Waals surface area contributed by atoms with Gasteiger partial charge in [0, 0.05) is 12.6 Å². The van der Waals surface area contributed by atoms with E-state index in [1.54, 1.807) is 6.08 Å². The molecule has 0 atom stereocenters. The molecular weight excluding hydrogens is 264 g/mol. The van der Waals surface area contributed by atoms with Gasteiger partial charge in [-0.2, -0.15) is 0 Å². The molecule has 0 aliphatic carbocycles. The van der Waals surface area contributed by atoms with Crippen LogP contribution in [-0.4, -0.2) is 54.6 Å². The number of hydrogen-bond donors (Lipinski definition) is 1. The van der Waals surface area contributed by atoms with Crippen LogP contribution in [0.3, 0.4) is 0 Å². The Morgan fingerprint density at radius 1 is 1.19 bits per heavy atom. The van der Waals surface area contributed by atoms with Crippen LogP contribution in [0, 0.1) is 0 Å². The van der Waals surface area contributed by atoms with E-state index in [0.717, 1.165) is 37.8 Å². The van der Waals surface area contributed by atoms with Gasteiger partial charge in [-0.3, -0.25) is 4.90 Å². The van der Waals surface area contributed by atoms with Crippen molar-refractivity contribution in [3.05, 3.63) is 41.5 Å². The Hall–Kier alpha value is -1.65. The average Bonchev–Trinajstić information content (AvgIpc) is 2.45. The van der Waals surface area contributed by atoms with Gasteiger partial charge in [0.1, 0.15) is 0 Å². The highest BCUT2D eigenvalue weighted by molar-refractivity contribution is 5.85. The number of carbonyl (C=O) groups is 1. The summed E-state index contributed by atoms with van der Waals surface area (Å²) in [4.78, 5) is 15.1. The van der Waals surface area contributed by atoms with Crippen LogP contribution in [0.5, 0.6) is 0 Å². The zero-order chi connectivity index (χ0) is 15.7. The molecule has 0 aliphatic heterocycles. The predicted octanol–water partition coefficient (Wildman–Crippen LogP) is 2.56. The SMILES string of the molecule is CCN(CCCN(C)C)Cc1ccc(/C=C/C(=O)O)cc1. The van der Waals surface area contributed by atoms with E-state index in [9.17, 15) is 4.79 Å². The molecule has 0 heterocycles. The molecule has 4 heteroatoms. The summed E-state index contributed by atoms with van der Waals surface area (Å²) < 4.78 is 0. The van der Waals surface area contributed by atoms with Crippen molar-refractivity contribution in [2.24, 2.45) is 0 Å².